The van der Waals surface area contributed by atoms with E-state index >= 15 is 0 Å². The number of fused-ring (bicyclic) bond motifs is 1. The van der Waals surface area contributed by atoms with Gasteiger partial charge in [-0.05, 0) is 24.6 Å². The molecule has 8 heteroatoms. The summed E-state index contributed by atoms with van der Waals surface area (Å²) in [5.74, 6) is 0.882. The third-order valence-corrected chi connectivity index (χ3v) is 5.00. The molecule has 0 saturated carbocycles. The fourth-order valence-electron chi connectivity index (χ4n) is 2.57. The van der Waals surface area contributed by atoms with E-state index < -0.39 is 0 Å². The average Bonchev–Trinajstić information content (AvgIpc) is 3.05. The zero-order valence-electron chi connectivity index (χ0n) is 14.7. The van der Waals surface area contributed by atoms with Gasteiger partial charge in [-0.2, -0.15) is 0 Å². The molecule has 3 aromatic rings. The van der Waals surface area contributed by atoms with Gasteiger partial charge in [0.2, 0.25) is 5.95 Å². The first-order valence-corrected chi connectivity index (χ1v) is 9.39. The summed E-state index contributed by atoms with van der Waals surface area (Å²) in [6.07, 6.45) is 2.74. The summed E-state index contributed by atoms with van der Waals surface area (Å²) in [7, 11) is 3.48. The number of nitrogens with one attached hydrogen (secondary N) is 1. The number of aromatic nitrogens is 2. The highest BCUT2D eigenvalue weighted by molar-refractivity contribution is 7.17. The van der Waals surface area contributed by atoms with Gasteiger partial charge in [-0.25, -0.2) is 9.97 Å². The van der Waals surface area contributed by atoms with Crippen molar-refractivity contribution in [2.75, 3.05) is 30.9 Å². The van der Waals surface area contributed by atoms with Crippen LogP contribution in [0.15, 0.2) is 29.8 Å². The van der Waals surface area contributed by atoms with Crippen molar-refractivity contribution in [1.82, 2.24) is 9.97 Å². The molecule has 0 bridgehead atoms. The number of ether oxygens (including phenoxy) is 1. The third kappa shape index (κ3) is 3.73. The number of hydrogen-bond acceptors (Lipinski definition) is 6. The number of carbonyl (C=O) groups excluding carboxylic acids is 1. The molecule has 0 radical (unpaired) electrons. The van der Waals surface area contributed by atoms with Gasteiger partial charge in [-0.1, -0.05) is 18.5 Å². The molecule has 0 aliphatic carbocycles. The van der Waals surface area contributed by atoms with Crippen LogP contribution in [0.2, 0.25) is 5.02 Å². The van der Waals surface area contributed by atoms with Crippen LogP contribution in [0.1, 0.15) is 23.7 Å². The Morgan fingerprint density at radius 1 is 1.42 bits per heavy atom. The molecule has 0 atom stereocenters. The maximum absolute atomic E-state index is 12.8. The van der Waals surface area contributed by atoms with E-state index in [4.69, 9.17) is 16.3 Å². The molecule has 2 aromatic heterocycles. The molecule has 0 aliphatic rings. The molecule has 0 unspecified atom stereocenters. The Hall–Kier alpha value is -2.38. The first-order valence-electron chi connectivity index (χ1n) is 8.13. The topological polar surface area (TPSA) is 67.4 Å². The van der Waals surface area contributed by atoms with Crippen molar-refractivity contribution >= 4 is 50.7 Å². The first kappa shape index (κ1) is 18.4. The van der Waals surface area contributed by atoms with Crippen LogP contribution in [0.3, 0.4) is 0 Å². The monoisotopic (exact) mass is 390 g/mol. The van der Waals surface area contributed by atoms with E-state index in [2.05, 4.69) is 22.2 Å². The summed E-state index contributed by atoms with van der Waals surface area (Å²) in [6, 6.07) is 5.07. The van der Waals surface area contributed by atoms with E-state index in [9.17, 15) is 4.79 Å². The maximum atomic E-state index is 12.8. The van der Waals surface area contributed by atoms with Gasteiger partial charge in [0.1, 0.15) is 5.75 Å². The lowest BCUT2D eigenvalue weighted by Crippen LogP contribution is -2.20. The van der Waals surface area contributed by atoms with Crippen LogP contribution in [0.5, 0.6) is 5.75 Å². The van der Waals surface area contributed by atoms with Crippen LogP contribution >= 0.6 is 22.9 Å². The smallest absolute Gasteiger partial charge is 0.258 e. The Kier molecular flexibility index (Phi) is 5.58. The van der Waals surface area contributed by atoms with Gasteiger partial charge < -0.3 is 15.0 Å². The van der Waals surface area contributed by atoms with Gasteiger partial charge >= 0.3 is 0 Å². The van der Waals surface area contributed by atoms with Crippen molar-refractivity contribution in [3.05, 3.63) is 40.4 Å². The van der Waals surface area contributed by atoms with Gasteiger partial charge in [-0.3, -0.25) is 4.79 Å². The number of benzene rings is 1. The van der Waals surface area contributed by atoms with Gasteiger partial charge in [0.05, 0.1) is 34.8 Å². The van der Waals surface area contributed by atoms with Crippen molar-refractivity contribution in [3.63, 3.8) is 0 Å². The predicted molar refractivity (Wildman–Crippen MR) is 107 cm³/mol. The maximum Gasteiger partial charge on any atom is 0.258 e. The van der Waals surface area contributed by atoms with Crippen LogP contribution in [-0.2, 0) is 0 Å². The zero-order valence-corrected chi connectivity index (χ0v) is 16.3. The summed E-state index contributed by atoms with van der Waals surface area (Å²) in [4.78, 5) is 23.7. The number of rotatable bonds is 6. The Labute approximate surface area is 160 Å². The van der Waals surface area contributed by atoms with E-state index in [0.29, 0.717) is 33.5 Å². The summed E-state index contributed by atoms with van der Waals surface area (Å²) in [5.41, 5.74) is 1.66. The fraction of sp³-hybridized carbons (Fsp3) is 0.278. The lowest BCUT2D eigenvalue weighted by atomic mass is 10.2. The molecule has 1 amide bonds. The Morgan fingerprint density at radius 3 is 2.96 bits per heavy atom. The first-order chi connectivity index (χ1) is 12.5. The highest BCUT2D eigenvalue weighted by Crippen LogP contribution is 2.30. The zero-order chi connectivity index (χ0) is 18.7. The van der Waals surface area contributed by atoms with E-state index in [0.717, 1.165) is 17.7 Å². The Bertz CT molecular complexity index is 944. The van der Waals surface area contributed by atoms with Crippen molar-refractivity contribution in [2.45, 2.75) is 13.3 Å². The molecule has 26 heavy (non-hydrogen) atoms. The molecule has 0 saturated heterocycles. The van der Waals surface area contributed by atoms with Crippen LogP contribution < -0.4 is 15.0 Å². The molecular weight excluding hydrogens is 372 g/mol. The lowest BCUT2D eigenvalue weighted by molar-refractivity contribution is 0.102. The highest BCUT2D eigenvalue weighted by Gasteiger charge is 2.17. The number of amides is 1. The Morgan fingerprint density at radius 2 is 2.23 bits per heavy atom. The largest absolute Gasteiger partial charge is 0.495 e. The second-order valence-corrected chi connectivity index (χ2v) is 7.10. The fourth-order valence-corrected chi connectivity index (χ4v) is 3.58. The minimum Gasteiger partial charge on any atom is -0.495 e. The second kappa shape index (κ2) is 7.88. The van der Waals surface area contributed by atoms with Crippen molar-refractivity contribution < 1.29 is 9.53 Å². The van der Waals surface area contributed by atoms with Gasteiger partial charge in [0, 0.05) is 24.0 Å². The van der Waals surface area contributed by atoms with E-state index in [1.54, 1.807) is 36.9 Å². The van der Waals surface area contributed by atoms with Crippen molar-refractivity contribution in [2.24, 2.45) is 0 Å². The molecule has 136 valence electrons. The SMILES string of the molecule is CCCN(C)c1ncc2scc(C(=O)Nc3cc(Cl)ccc3OC)c2n1. The number of thiophene rings is 1. The van der Waals surface area contributed by atoms with Crippen LogP contribution in [0.25, 0.3) is 10.2 Å². The molecule has 1 aromatic carbocycles. The summed E-state index contributed by atoms with van der Waals surface area (Å²) >= 11 is 7.47. The lowest BCUT2D eigenvalue weighted by Gasteiger charge is -2.15. The number of halogens is 1. The standard InChI is InChI=1S/C18H19ClN4O2S/c1-4-7-23(2)18-20-9-15-16(22-18)12(10-26-15)17(24)21-13-8-11(19)5-6-14(13)25-3/h5-6,8-10H,4,7H2,1-3H3,(H,21,24). The van der Waals surface area contributed by atoms with Crippen LogP contribution in [0, 0.1) is 0 Å². The molecule has 0 spiro atoms. The molecule has 1 N–H and O–H groups in total. The van der Waals surface area contributed by atoms with Crippen molar-refractivity contribution in [3.8, 4) is 5.75 Å². The number of nitrogens with zero attached hydrogens (tertiary/aromatic N) is 3. The minimum absolute atomic E-state index is 0.264. The Balaban J connectivity index is 1.93. The van der Waals surface area contributed by atoms with E-state index in [-0.39, 0.29) is 5.91 Å². The third-order valence-electron chi connectivity index (χ3n) is 3.86. The quantitative estimate of drug-likeness (QED) is 0.673. The summed E-state index contributed by atoms with van der Waals surface area (Å²) in [6.45, 7) is 2.94. The summed E-state index contributed by atoms with van der Waals surface area (Å²) in [5, 5.41) is 5.16. The highest BCUT2D eigenvalue weighted by atomic mass is 35.5. The number of methoxy groups -OCH3 is 1. The molecule has 0 aliphatic heterocycles. The van der Waals surface area contributed by atoms with Gasteiger partial charge in [0.15, 0.2) is 0 Å². The molecule has 3 rings (SSSR count). The molecule has 0 fully saturated rings. The summed E-state index contributed by atoms with van der Waals surface area (Å²) < 4.78 is 6.14. The number of anilines is 2. The normalized spacial score (nSPS) is 10.8. The predicted octanol–water partition coefficient (Wildman–Crippen LogP) is 4.45. The van der Waals surface area contributed by atoms with E-state index in [1.807, 2.05) is 11.9 Å². The van der Waals surface area contributed by atoms with E-state index in [1.165, 1.54) is 11.3 Å². The second-order valence-electron chi connectivity index (χ2n) is 5.75. The molecule has 6 nitrogen and oxygen atoms in total. The van der Waals surface area contributed by atoms with Gasteiger partial charge in [-0.15, -0.1) is 11.3 Å². The number of carbonyl (C=O) groups is 1. The number of hydrogen-bond donors (Lipinski definition) is 1. The van der Waals surface area contributed by atoms with Crippen LogP contribution in [-0.4, -0.2) is 36.6 Å². The molecule has 2 heterocycles. The molecular formula is C18H19ClN4O2S. The van der Waals surface area contributed by atoms with Gasteiger partial charge in [0.25, 0.3) is 5.91 Å². The van der Waals surface area contributed by atoms with Crippen molar-refractivity contribution in [1.29, 1.82) is 0 Å². The van der Waals surface area contributed by atoms with Crippen LogP contribution in [0.4, 0.5) is 11.6 Å². The average molecular weight is 391 g/mol. The minimum atomic E-state index is -0.264.